The zero-order valence-electron chi connectivity index (χ0n) is 8.48. The van der Waals surface area contributed by atoms with E-state index in [9.17, 15) is 0 Å². The molecule has 0 heterocycles. The smallest absolute Gasteiger partial charge is 0.0824 e. The van der Waals surface area contributed by atoms with Gasteiger partial charge >= 0.3 is 0 Å². The molecule has 15 heavy (non-hydrogen) atoms. The molecule has 0 atom stereocenters. The highest BCUT2D eigenvalue weighted by atomic mass is 16.2. The summed E-state index contributed by atoms with van der Waals surface area (Å²) in [5.41, 5.74) is 1.93. The summed E-state index contributed by atoms with van der Waals surface area (Å²) < 4.78 is 0. The highest BCUT2D eigenvalue weighted by Gasteiger charge is 2.44. The topological polar surface area (TPSA) is 44.0 Å². The number of nitriles is 1. The molecule has 0 aliphatic heterocycles. The van der Waals surface area contributed by atoms with Gasteiger partial charge in [-0.05, 0) is 24.0 Å². The van der Waals surface area contributed by atoms with Gasteiger partial charge in [0, 0.05) is 0 Å². The molecule has 2 nitrogen and oxygen atoms in total. The minimum absolute atomic E-state index is 0.0492. The Bertz CT molecular complexity index is 424. The number of rotatable bonds is 3. The SMILES string of the molecule is N#CC1(c2cccc(C=CCO)c2)CC1. The van der Waals surface area contributed by atoms with E-state index in [0.717, 1.165) is 24.0 Å². The van der Waals surface area contributed by atoms with Crippen molar-refractivity contribution in [2.24, 2.45) is 0 Å². The number of hydrogen-bond acceptors (Lipinski definition) is 2. The third-order valence-electron chi connectivity index (χ3n) is 2.82. The molecule has 1 aliphatic carbocycles. The predicted octanol–water partition coefficient (Wildman–Crippen LogP) is 2.25. The van der Waals surface area contributed by atoms with Gasteiger partial charge in [-0.25, -0.2) is 0 Å². The number of benzene rings is 1. The fraction of sp³-hybridized carbons (Fsp3) is 0.308. The Balaban J connectivity index is 2.28. The maximum Gasteiger partial charge on any atom is 0.0824 e. The van der Waals surface area contributed by atoms with Gasteiger partial charge in [-0.2, -0.15) is 5.26 Å². The third-order valence-corrected chi connectivity index (χ3v) is 2.82. The van der Waals surface area contributed by atoms with Crippen molar-refractivity contribution in [3.05, 3.63) is 41.5 Å². The Morgan fingerprint density at radius 2 is 2.27 bits per heavy atom. The number of aliphatic hydroxyl groups is 1. The standard InChI is InChI=1S/C13H13NO/c14-10-13(6-7-13)12-5-1-3-11(9-12)4-2-8-15/h1-5,9,15H,6-8H2. The van der Waals surface area contributed by atoms with E-state index in [1.165, 1.54) is 0 Å². The second kappa shape index (κ2) is 3.88. The molecule has 1 N–H and O–H groups in total. The summed E-state index contributed by atoms with van der Waals surface area (Å²) in [5, 5.41) is 17.7. The lowest BCUT2D eigenvalue weighted by Gasteiger charge is -2.06. The Morgan fingerprint density at radius 1 is 1.47 bits per heavy atom. The molecule has 0 radical (unpaired) electrons. The van der Waals surface area contributed by atoms with Crippen LogP contribution in [0.1, 0.15) is 24.0 Å². The Kier molecular flexibility index (Phi) is 2.57. The van der Waals surface area contributed by atoms with Crippen LogP contribution in [-0.2, 0) is 5.41 Å². The van der Waals surface area contributed by atoms with Crippen LogP contribution in [0.25, 0.3) is 6.08 Å². The summed E-state index contributed by atoms with van der Waals surface area (Å²) in [5.74, 6) is 0. The molecule has 2 heteroatoms. The first-order valence-electron chi connectivity index (χ1n) is 5.10. The largest absolute Gasteiger partial charge is 0.392 e. The highest BCUT2D eigenvalue weighted by molar-refractivity contribution is 5.53. The van der Waals surface area contributed by atoms with Crippen LogP contribution in [0.4, 0.5) is 0 Å². The molecule has 1 aromatic carbocycles. The summed E-state index contributed by atoms with van der Waals surface area (Å²) >= 11 is 0. The van der Waals surface area contributed by atoms with Gasteiger partial charge in [-0.1, -0.05) is 36.4 Å². The van der Waals surface area contributed by atoms with E-state index in [0.29, 0.717) is 0 Å². The number of hydrogen-bond donors (Lipinski definition) is 1. The van der Waals surface area contributed by atoms with Crippen LogP contribution in [0.3, 0.4) is 0 Å². The van der Waals surface area contributed by atoms with E-state index >= 15 is 0 Å². The van der Waals surface area contributed by atoms with Gasteiger partial charge in [0.25, 0.3) is 0 Å². The molecule has 2 rings (SSSR count). The first-order chi connectivity index (χ1) is 7.30. The summed E-state index contributed by atoms with van der Waals surface area (Å²) in [4.78, 5) is 0. The Hall–Kier alpha value is -1.59. The van der Waals surface area contributed by atoms with Gasteiger partial charge in [-0.3, -0.25) is 0 Å². The summed E-state index contributed by atoms with van der Waals surface area (Å²) in [6.07, 6.45) is 5.51. The van der Waals surface area contributed by atoms with E-state index in [-0.39, 0.29) is 12.0 Å². The van der Waals surface area contributed by atoms with E-state index in [2.05, 4.69) is 6.07 Å². The molecule has 0 unspecified atom stereocenters. The van der Waals surface area contributed by atoms with Gasteiger partial charge in [0.2, 0.25) is 0 Å². The molecule has 76 valence electrons. The first kappa shape index (κ1) is 9.95. The van der Waals surface area contributed by atoms with Crippen molar-refractivity contribution >= 4 is 6.08 Å². The van der Waals surface area contributed by atoms with Gasteiger partial charge < -0.3 is 5.11 Å². The van der Waals surface area contributed by atoms with Gasteiger partial charge in [-0.15, -0.1) is 0 Å². The summed E-state index contributed by atoms with van der Waals surface area (Å²) in [6.45, 7) is 0.0492. The average molecular weight is 199 g/mol. The molecule has 1 aromatic rings. The van der Waals surface area contributed by atoms with Crippen LogP contribution < -0.4 is 0 Å². The van der Waals surface area contributed by atoms with Crippen LogP contribution in [0.5, 0.6) is 0 Å². The van der Waals surface area contributed by atoms with Crippen LogP contribution >= 0.6 is 0 Å². The molecule has 0 aromatic heterocycles. The summed E-state index contributed by atoms with van der Waals surface area (Å²) in [7, 11) is 0. The van der Waals surface area contributed by atoms with Gasteiger partial charge in [0.15, 0.2) is 0 Å². The van der Waals surface area contributed by atoms with Crippen molar-refractivity contribution in [1.82, 2.24) is 0 Å². The molecule has 0 saturated heterocycles. The Morgan fingerprint density at radius 3 is 2.87 bits per heavy atom. The fourth-order valence-electron chi connectivity index (χ4n) is 1.72. The lowest BCUT2D eigenvalue weighted by molar-refractivity contribution is 0.343. The van der Waals surface area contributed by atoms with Gasteiger partial charge in [0.1, 0.15) is 0 Å². The third kappa shape index (κ3) is 1.93. The fourth-order valence-corrected chi connectivity index (χ4v) is 1.72. The van der Waals surface area contributed by atoms with Crippen molar-refractivity contribution in [1.29, 1.82) is 5.26 Å². The van der Waals surface area contributed by atoms with Crippen LogP contribution in [0.15, 0.2) is 30.3 Å². The number of aliphatic hydroxyl groups excluding tert-OH is 1. The maximum atomic E-state index is 9.07. The van der Waals surface area contributed by atoms with Crippen LogP contribution in [-0.4, -0.2) is 11.7 Å². The minimum Gasteiger partial charge on any atom is -0.392 e. The molecular weight excluding hydrogens is 186 g/mol. The quantitative estimate of drug-likeness (QED) is 0.811. The van der Waals surface area contributed by atoms with Crippen LogP contribution in [0, 0.1) is 11.3 Å². The normalized spacial score (nSPS) is 17.6. The second-order valence-electron chi connectivity index (χ2n) is 3.90. The molecular formula is C13H13NO. The average Bonchev–Trinajstić information content (AvgIpc) is 3.08. The van der Waals surface area contributed by atoms with Crippen molar-refractivity contribution in [2.45, 2.75) is 18.3 Å². The second-order valence-corrected chi connectivity index (χ2v) is 3.90. The number of nitrogens with zero attached hydrogens (tertiary/aromatic N) is 1. The van der Waals surface area contributed by atoms with Crippen molar-refractivity contribution in [3.8, 4) is 6.07 Å². The predicted molar refractivity (Wildman–Crippen MR) is 59.1 cm³/mol. The van der Waals surface area contributed by atoms with E-state index in [1.807, 2.05) is 30.3 Å². The minimum atomic E-state index is -0.219. The first-order valence-corrected chi connectivity index (χ1v) is 5.10. The monoisotopic (exact) mass is 199 g/mol. The van der Waals surface area contributed by atoms with Gasteiger partial charge in [0.05, 0.1) is 18.1 Å². The van der Waals surface area contributed by atoms with E-state index < -0.39 is 0 Å². The molecule has 1 aliphatic rings. The maximum absolute atomic E-state index is 9.07. The lowest BCUT2D eigenvalue weighted by atomic mass is 9.96. The zero-order valence-corrected chi connectivity index (χ0v) is 8.48. The van der Waals surface area contributed by atoms with E-state index in [4.69, 9.17) is 10.4 Å². The molecule has 1 fully saturated rings. The molecule has 0 spiro atoms. The Labute approximate surface area is 89.5 Å². The van der Waals surface area contributed by atoms with Crippen LogP contribution in [0.2, 0.25) is 0 Å². The lowest BCUT2D eigenvalue weighted by Crippen LogP contribution is -2.02. The summed E-state index contributed by atoms with van der Waals surface area (Å²) in [6, 6.07) is 10.4. The highest BCUT2D eigenvalue weighted by Crippen LogP contribution is 2.47. The van der Waals surface area contributed by atoms with E-state index in [1.54, 1.807) is 6.08 Å². The van der Waals surface area contributed by atoms with Crippen molar-refractivity contribution in [3.63, 3.8) is 0 Å². The van der Waals surface area contributed by atoms with Crippen molar-refractivity contribution < 1.29 is 5.11 Å². The molecule has 0 bridgehead atoms. The van der Waals surface area contributed by atoms with Crippen molar-refractivity contribution in [2.75, 3.05) is 6.61 Å². The zero-order chi connectivity index (χ0) is 10.7. The molecule has 1 saturated carbocycles. The molecule has 0 amide bonds.